The summed E-state index contributed by atoms with van der Waals surface area (Å²) in [5, 5.41) is 0.0608. The van der Waals surface area contributed by atoms with Crippen LogP contribution in [-0.2, 0) is 0 Å². The molecule has 4 aromatic rings. The van der Waals surface area contributed by atoms with Gasteiger partial charge >= 0.3 is 0 Å². The number of thioether (sulfide) groups is 1. The van der Waals surface area contributed by atoms with Crippen LogP contribution in [0.25, 0.3) is 0 Å². The van der Waals surface area contributed by atoms with Crippen molar-refractivity contribution in [1.29, 1.82) is 0 Å². The maximum absolute atomic E-state index is 6.77. The molecule has 3 atom stereocenters. The molecule has 4 nitrogen and oxygen atoms in total. The summed E-state index contributed by atoms with van der Waals surface area (Å²) < 4.78 is 18.7. The first kappa shape index (κ1) is 23.2. The minimum Gasteiger partial charge on any atom is -0.497 e. The number of nitrogens with zero attached hydrogens (tertiary/aromatic N) is 1. The lowest BCUT2D eigenvalue weighted by Gasteiger charge is -2.38. The Labute approximate surface area is 223 Å². The molecule has 36 heavy (non-hydrogen) atoms. The number of hydrogen-bond donors (Lipinski definition) is 0. The summed E-state index contributed by atoms with van der Waals surface area (Å²) in [6.07, 6.45) is -0.220. The molecular weight excluding hydrogens is 534 g/mol. The van der Waals surface area contributed by atoms with Crippen LogP contribution in [0.3, 0.4) is 0 Å². The van der Waals surface area contributed by atoms with Gasteiger partial charge in [-0.1, -0.05) is 52.3 Å². The smallest absolute Gasteiger partial charge is 0.134 e. The van der Waals surface area contributed by atoms with E-state index in [0.717, 1.165) is 49.1 Å². The predicted octanol–water partition coefficient (Wildman–Crippen LogP) is 8.18. The van der Waals surface area contributed by atoms with Gasteiger partial charge in [-0.2, -0.15) is 0 Å². The van der Waals surface area contributed by atoms with Gasteiger partial charge in [-0.05, 0) is 65.7 Å². The standard InChI is InChI=1S/C30H24BrNO3S/c1-33-21-12-7-18(8-13-21)29-27-28(23-5-3-4-6-25(23)35-29)32-24-16-11-20(31)17-26(24)36-30(27)19-9-14-22(34-2)15-10-19/h3-17,27,29-30H,1-2H3. The van der Waals surface area contributed by atoms with Gasteiger partial charge in [-0.15, -0.1) is 11.8 Å². The fourth-order valence-corrected chi connectivity index (χ4v) is 6.83. The van der Waals surface area contributed by atoms with Crippen molar-refractivity contribution in [3.8, 4) is 17.2 Å². The molecular formula is C30H24BrNO3S. The number of para-hydroxylation sites is 1. The first-order valence-corrected chi connectivity index (χ1v) is 13.4. The average molecular weight is 558 g/mol. The Bertz CT molecular complexity index is 1440. The van der Waals surface area contributed by atoms with Crippen LogP contribution in [0.15, 0.2) is 105 Å². The SMILES string of the molecule is COc1ccc(C2Oc3ccccc3C3=Nc4ccc(Br)cc4SC(c4ccc(OC)cc4)C32)cc1. The van der Waals surface area contributed by atoms with E-state index in [2.05, 4.69) is 70.5 Å². The van der Waals surface area contributed by atoms with E-state index in [1.165, 1.54) is 5.56 Å². The molecule has 6 rings (SSSR count). The summed E-state index contributed by atoms with van der Waals surface area (Å²) in [4.78, 5) is 6.45. The van der Waals surface area contributed by atoms with Gasteiger partial charge in [0.05, 0.1) is 31.5 Å². The maximum atomic E-state index is 6.77. The van der Waals surface area contributed by atoms with E-state index in [1.807, 2.05) is 48.2 Å². The molecule has 6 heteroatoms. The van der Waals surface area contributed by atoms with Crippen molar-refractivity contribution in [3.63, 3.8) is 0 Å². The zero-order chi connectivity index (χ0) is 24.6. The van der Waals surface area contributed by atoms with Crippen LogP contribution in [0.1, 0.15) is 28.0 Å². The Morgan fingerprint density at radius 2 is 1.47 bits per heavy atom. The molecule has 0 aromatic heterocycles. The highest BCUT2D eigenvalue weighted by Crippen LogP contribution is 2.55. The van der Waals surface area contributed by atoms with Crippen LogP contribution in [0.4, 0.5) is 5.69 Å². The number of halogens is 1. The van der Waals surface area contributed by atoms with Crippen molar-refractivity contribution in [3.05, 3.63) is 112 Å². The van der Waals surface area contributed by atoms with Crippen molar-refractivity contribution in [2.75, 3.05) is 14.2 Å². The van der Waals surface area contributed by atoms with Gasteiger partial charge in [0, 0.05) is 20.2 Å². The van der Waals surface area contributed by atoms with E-state index in [4.69, 9.17) is 19.2 Å². The summed E-state index contributed by atoms with van der Waals surface area (Å²) in [5.74, 6) is 2.49. The number of aliphatic imine (C=N–C) groups is 1. The molecule has 0 spiro atoms. The monoisotopic (exact) mass is 557 g/mol. The van der Waals surface area contributed by atoms with Gasteiger partial charge in [0.15, 0.2) is 0 Å². The normalized spacial score (nSPS) is 20.1. The van der Waals surface area contributed by atoms with Crippen LogP contribution >= 0.6 is 27.7 Å². The molecule has 0 radical (unpaired) electrons. The summed E-state index contributed by atoms with van der Waals surface area (Å²) in [5.41, 5.74) is 5.36. The Hall–Kier alpha value is -3.22. The molecule has 2 aliphatic rings. The molecule has 0 fully saturated rings. The summed E-state index contributed by atoms with van der Waals surface area (Å²) >= 11 is 5.50. The lowest BCUT2D eigenvalue weighted by Crippen LogP contribution is -2.35. The third-order valence-electron chi connectivity index (χ3n) is 6.69. The number of methoxy groups -OCH3 is 2. The highest BCUT2D eigenvalue weighted by atomic mass is 79.9. The zero-order valence-electron chi connectivity index (χ0n) is 19.9. The van der Waals surface area contributed by atoms with Crippen molar-refractivity contribution < 1.29 is 14.2 Å². The van der Waals surface area contributed by atoms with Crippen LogP contribution in [0, 0.1) is 5.92 Å². The first-order chi connectivity index (χ1) is 17.6. The predicted molar refractivity (Wildman–Crippen MR) is 148 cm³/mol. The number of rotatable bonds is 4. The van der Waals surface area contributed by atoms with E-state index in [-0.39, 0.29) is 17.3 Å². The van der Waals surface area contributed by atoms with Crippen LogP contribution in [0.5, 0.6) is 17.2 Å². The minimum absolute atomic E-state index is 0.0298. The van der Waals surface area contributed by atoms with Crippen LogP contribution in [0.2, 0.25) is 0 Å². The highest BCUT2D eigenvalue weighted by Gasteiger charge is 2.44. The van der Waals surface area contributed by atoms with E-state index >= 15 is 0 Å². The Kier molecular flexibility index (Phi) is 6.23. The first-order valence-electron chi connectivity index (χ1n) is 11.7. The summed E-state index contributed by atoms with van der Waals surface area (Å²) in [6, 6.07) is 31.1. The van der Waals surface area contributed by atoms with E-state index in [0.29, 0.717) is 0 Å². The Morgan fingerprint density at radius 3 is 2.17 bits per heavy atom. The van der Waals surface area contributed by atoms with Gasteiger partial charge in [0.25, 0.3) is 0 Å². The van der Waals surface area contributed by atoms with Gasteiger partial charge in [0.1, 0.15) is 23.4 Å². The van der Waals surface area contributed by atoms with E-state index < -0.39 is 0 Å². The van der Waals surface area contributed by atoms with Crippen LogP contribution in [-0.4, -0.2) is 19.9 Å². The number of fused-ring (bicyclic) bond motifs is 4. The molecule has 0 aliphatic carbocycles. The fourth-order valence-electron chi connectivity index (χ4n) is 4.90. The zero-order valence-corrected chi connectivity index (χ0v) is 22.3. The van der Waals surface area contributed by atoms with Gasteiger partial charge < -0.3 is 14.2 Å². The van der Waals surface area contributed by atoms with Crippen molar-refractivity contribution >= 4 is 39.1 Å². The molecule has 0 amide bonds. The van der Waals surface area contributed by atoms with Crippen molar-refractivity contribution in [2.24, 2.45) is 10.9 Å². The highest BCUT2D eigenvalue weighted by molar-refractivity contribution is 9.10. The second kappa shape index (κ2) is 9.68. The second-order valence-corrected chi connectivity index (χ2v) is 10.9. The molecule has 4 aromatic carbocycles. The quantitative estimate of drug-likeness (QED) is 0.253. The molecule has 0 bridgehead atoms. The lowest BCUT2D eigenvalue weighted by molar-refractivity contribution is 0.156. The third kappa shape index (κ3) is 4.18. The minimum atomic E-state index is -0.220. The van der Waals surface area contributed by atoms with E-state index in [9.17, 15) is 0 Å². The Morgan fingerprint density at radius 1 is 0.806 bits per heavy atom. The Balaban J connectivity index is 1.58. The molecule has 2 heterocycles. The topological polar surface area (TPSA) is 40.0 Å². The molecule has 0 saturated carbocycles. The second-order valence-electron chi connectivity index (χ2n) is 8.75. The van der Waals surface area contributed by atoms with Crippen molar-refractivity contribution in [1.82, 2.24) is 0 Å². The van der Waals surface area contributed by atoms with E-state index in [1.54, 1.807) is 14.2 Å². The number of hydrogen-bond acceptors (Lipinski definition) is 5. The maximum Gasteiger partial charge on any atom is 0.134 e. The van der Waals surface area contributed by atoms with Crippen molar-refractivity contribution in [2.45, 2.75) is 16.2 Å². The van der Waals surface area contributed by atoms with Gasteiger partial charge in [-0.3, -0.25) is 4.99 Å². The largest absolute Gasteiger partial charge is 0.497 e. The number of benzene rings is 4. The lowest BCUT2D eigenvalue weighted by atomic mass is 9.80. The molecule has 2 aliphatic heterocycles. The fraction of sp³-hybridized carbons (Fsp3) is 0.167. The summed E-state index contributed by atoms with van der Waals surface area (Å²) in [7, 11) is 3.38. The summed E-state index contributed by atoms with van der Waals surface area (Å²) in [6.45, 7) is 0. The van der Waals surface area contributed by atoms with Crippen LogP contribution < -0.4 is 14.2 Å². The average Bonchev–Trinajstić information content (AvgIpc) is 3.10. The molecule has 0 N–H and O–H groups in total. The number of ether oxygens (including phenoxy) is 3. The van der Waals surface area contributed by atoms with Gasteiger partial charge in [-0.25, -0.2) is 0 Å². The molecule has 180 valence electrons. The molecule has 0 saturated heterocycles. The third-order valence-corrected chi connectivity index (χ3v) is 8.58. The van der Waals surface area contributed by atoms with Gasteiger partial charge in [0.2, 0.25) is 0 Å². The molecule has 3 unspecified atom stereocenters.